The van der Waals surface area contributed by atoms with Crippen LogP contribution in [0.4, 0.5) is 0 Å². The smallest absolute Gasteiger partial charge is 0.164 e. The largest absolute Gasteiger partial charge is 0.378 e. The summed E-state index contributed by atoms with van der Waals surface area (Å²) >= 11 is 0. The Hall–Kier alpha value is -1.09. The number of Topliss-reactive ketones (excluding diaryl/α,β-unsaturated/α-hetero) is 1. The molecule has 0 amide bonds. The first-order chi connectivity index (χ1) is 8.83. The summed E-state index contributed by atoms with van der Waals surface area (Å²) in [5.41, 5.74) is 2.22. The van der Waals surface area contributed by atoms with Crippen LogP contribution in [0.15, 0.2) is 12.4 Å². The van der Waals surface area contributed by atoms with Crippen LogP contribution in [0.2, 0.25) is 0 Å². The summed E-state index contributed by atoms with van der Waals surface area (Å²) in [6.45, 7) is 1.96. The molecule has 1 aromatic rings. The van der Waals surface area contributed by atoms with Gasteiger partial charge in [0.05, 0.1) is 6.10 Å². The minimum Gasteiger partial charge on any atom is -0.378 e. The number of carbonyl (C=O) groups excluding carboxylic acids is 1. The van der Waals surface area contributed by atoms with E-state index >= 15 is 0 Å². The van der Waals surface area contributed by atoms with Crippen LogP contribution in [0.5, 0.6) is 0 Å². The van der Waals surface area contributed by atoms with Crippen molar-refractivity contribution in [1.29, 1.82) is 0 Å². The highest BCUT2D eigenvalue weighted by molar-refractivity contribution is 5.98. The van der Waals surface area contributed by atoms with Gasteiger partial charge in [-0.25, -0.2) is 0 Å². The van der Waals surface area contributed by atoms with Crippen molar-refractivity contribution >= 4 is 5.78 Å². The molecule has 98 valence electrons. The standard InChI is InChI=1S/C15H21NO2/c17-15-7-1-4-12-10-16(11-14(12)15)8-2-5-13-6-3-9-18-13/h10-11,13H,1-9H2. The number of hydrogen-bond acceptors (Lipinski definition) is 2. The highest BCUT2D eigenvalue weighted by Crippen LogP contribution is 2.23. The lowest BCUT2D eigenvalue weighted by atomic mass is 9.95. The molecule has 1 fully saturated rings. The molecule has 2 heterocycles. The minimum atomic E-state index is 0.328. The first-order valence-electron chi connectivity index (χ1n) is 7.16. The first kappa shape index (κ1) is 12.0. The SMILES string of the molecule is O=C1CCCc2cn(CCCC3CCCO3)cc21. The third-order valence-electron chi connectivity index (χ3n) is 4.08. The van der Waals surface area contributed by atoms with Gasteiger partial charge >= 0.3 is 0 Å². The molecule has 1 saturated heterocycles. The second kappa shape index (κ2) is 5.27. The van der Waals surface area contributed by atoms with Gasteiger partial charge in [0.1, 0.15) is 0 Å². The van der Waals surface area contributed by atoms with Crippen LogP contribution in [0.3, 0.4) is 0 Å². The summed E-state index contributed by atoms with van der Waals surface area (Å²) in [6.07, 6.45) is 12.3. The van der Waals surface area contributed by atoms with Gasteiger partial charge in [0.25, 0.3) is 0 Å². The van der Waals surface area contributed by atoms with E-state index in [0.717, 1.165) is 50.8 Å². The Morgan fingerprint density at radius 1 is 1.28 bits per heavy atom. The molecule has 1 atom stereocenters. The van der Waals surface area contributed by atoms with Crippen LogP contribution in [-0.2, 0) is 17.7 Å². The van der Waals surface area contributed by atoms with E-state index in [1.165, 1.54) is 18.4 Å². The summed E-state index contributed by atoms with van der Waals surface area (Å²) in [5.74, 6) is 0.328. The van der Waals surface area contributed by atoms with Gasteiger partial charge in [-0.1, -0.05) is 0 Å². The fourth-order valence-electron chi connectivity index (χ4n) is 3.08. The van der Waals surface area contributed by atoms with E-state index in [-0.39, 0.29) is 0 Å². The Balaban J connectivity index is 1.55. The van der Waals surface area contributed by atoms with Gasteiger partial charge in [-0.2, -0.15) is 0 Å². The summed E-state index contributed by atoms with van der Waals surface area (Å²) in [7, 11) is 0. The number of ketones is 1. The summed E-state index contributed by atoms with van der Waals surface area (Å²) < 4.78 is 7.82. The molecule has 18 heavy (non-hydrogen) atoms. The normalized spacial score (nSPS) is 23.3. The van der Waals surface area contributed by atoms with E-state index in [4.69, 9.17) is 4.74 Å². The number of aryl methyl sites for hydroxylation is 2. The van der Waals surface area contributed by atoms with Crippen molar-refractivity contribution < 1.29 is 9.53 Å². The minimum absolute atomic E-state index is 0.328. The van der Waals surface area contributed by atoms with Gasteiger partial charge in [0.2, 0.25) is 0 Å². The zero-order valence-electron chi connectivity index (χ0n) is 10.9. The molecule has 0 N–H and O–H groups in total. The van der Waals surface area contributed by atoms with Crippen LogP contribution in [0, 0.1) is 0 Å². The summed E-state index contributed by atoms with van der Waals surface area (Å²) in [5, 5.41) is 0. The topological polar surface area (TPSA) is 31.2 Å². The average Bonchev–Trinajstić information content (AvgIpc) is 2.98. The number of carbonyl (C=O) groups is 1. The molecule has 3 rings (SSSR count). The maximum Gasteiger partial charge on any atom is 0.164 e. The lowest BCUT2D eigenvalue weighted by molar-refractivity contribution is 0.0972. The Labute approximate surface area is 108 Å². The molecule has 3 heteroatoms. The quantitative estimate of drug-likeness (QED) is 0.819. The highest BCUT2D eigenvalue weighted by atomic mass is 16.5. The van der Waals surface area contributed by atoms with Crippen molar-refractivity contribution in [1.82, 2.24) is 4.57 Å². The van der Waals surface area contributed by atoms with Gasteiger partial charge in [0.15, 0.2) is 5.78 Å². The van der Waals surface area contributed by atoms with Gasteiger partial charge in [-0.05, 0) is 44.1 Å². The van der Waals surface area contributed by atoms with Crippen LogP contribution in [-0.4, -0.2) is 23.1 Å². The molecule has 0 spiro atoms. The van der Waals surface area contributed by atoms with Gasteiger partial charge in [-0.3, -0.25) is 4.79 Å². The van der Waals surface area contributed by atoms with E-state index in [0.29, 0.717) is 11.9 Å². The monoisotopic (exact) mass is 247 g/mol. The van der Waals surface area contributed by atoms with Gasteiger partial charge in [0, 0.05) is 37.5 Å². The van der Waals surface area contributed by atoms with Gasteiger partial charge < -0.3 is 9.30 Å². The number of fused-ring (bicyclic) bond motifs is 1. The predicted octanol–water partition coefficient (Wildman–Crippen LogP) is 2.97. The second-order valence-electron chi connectivity index (χ2n) is 5.49. The summed E-state index contributed by atoms with van der Waals surface area (Å²) in [6, 6.07) is 0. The molecule has 0 bridgehead atoms. The molecular weight excluding hydrogens is 226 g/mol. The molecule has 2 aliphatic rings. The highest BCUT2D eigenvalue weighted by Gasteiger charge is 2.19. The Kier molecular flexibility index (Phi) is 3.50. The van der Waals surface area contributed by atoms with Crippen molar-refractivity contribution in [2.75, 3.05) is 6.61 Å². The van der Waals surface area contributed by atoms with Crippen LogP contribution < -0.4 is 0 Å². The number of nitrogens with zero attached hydrogens (tertiary/aromatic N) is 1. The molecule has 1 aromatic heterocycles. The van der Waals surface area contributed by atoms with Crippen molar-refractivity contribution in [3.05, 3.63) is 23.5 Å². The Morgan fingerprint density at radius 2 is 2.22 bits per heavy atom. The third kappa shape index (κ3) is 2.51. The van der Waals surface area contributed by atoms with Crippen LogP contribution >= 0.6 is 0 Å². The van der Waals surface area contributed by atoms with Gasteiger partial charge in [-0.15, -0.1) is 0 Å². The zero-order chi connectivity index (χ0) is 12.4. The number of ether oxygens (including phenoxy) is 1. The van der Waals surface area contributed by atoms with E-state index in [2.05, 4.69) is 10.8 Å². The number of aromatic nitrogens is 1. The fraction of sp³-hybridized carbons (Fsp3) is 0.667. The molecule has 0 aromatic carbocycles. The van der Waals surface area contributed by atoms with E-state index in [1.54, 1.807) is 0 Å². The average molecular weight is 247 g/mol. The van der Waals surface area contributed by atoms with Crippen LogP contribution in [0.1, 0.15) is 54.4 Å². The van der Waals surface area contributed by atoms with E-state index < -0.39 is 0 Å². The van der Waals surface area contributed by atoms with E-state index in [1.807, 2.05) is 6.20 Å². The molecular formula is C15H21NO2. The van der Waals surface area contributed by atoms with Crippen molar-refractivity contribution in [3.63, 3.8) is 0 Å². The van der Waals surface area contributed by atoms with Crippen molar-refractivity contribution in [2.45, 2.75) is 57.6 Å². The lowest BCUT2D eigenvalue weighted by Crippen LogP contribution is -2.07. The molecule has 0 saturated carbocycles. The maximum absolute atomic E-state index is 11.7. The fourth-order valence-corrected chi connectivity index (χ4v) is 3.08. The molecule has 1 unspecified atom stereocenters. The third-order valence-corrected chi connectivity index (χ3v) is 4.08. The Bertz CT molecular complexity index is 430. The number of hydrogen-bond donors (Lipinski definition) is 0. The predicted molar refractivity (Wildman–Crippen MR) is 69.9 cm³/mol. The molecule has 1 aliphatic carbocycles. The van der Waals surface area contributed by atoms with E-state index in [9.17, 15) is 4.79 Å². The van der Waals surface area contributed by atoms with Crippen molar-refractivity contribution in [3.8, 4) is 0 Å². The molecule has 0 radical (unpaired) electrons. The summed E-state index contributed by atoms with van der Waals surface area (Å²) in [4.78, 5) is 11.7. The molecule has 3 nitrogen and oxygen atoms in total. The van der Waals surface area contributed by atoms with Crippen molar-refractivity contribution in [2.24, 2.45) is 0 Å². The molecule has 1 aliphatic heterocycles. The second-order valence-corrected chi connectivity index (χ2v) is 5.49. The Morgan fingerprint density at radius 3 is 3.00 bits per heavy atom. The zero-order valence-corrected chi connectivity index (χ0v) is 10.9. The maximum atomic E-state index is 11.7. The lowest BCUT2D eigenvalue weighted by Gasteiger charge is -2.09. The first-order valence-corrected chi connectivity index (χ1v) is 7.16. The number of rotatable bonds is 4. The van der Waals surface area contributed by atoms with Crippen LogP contribution in [0.25, 0.3) is 0 Å².